The first-order valence-corrected chi connectivity index (χ1v) is 5.59. The maximum atomic E-state index is 11.0. The van der Waals surface area contributed by atoms with Crippen molar-refractivity contribution in [1.29, 1.82) is 0 Å². The highest BCUT2D eigenvalue weighted by Crippen LogP contribution is 2.22. The molecule has 0 aliphatic heterocycles. The van der Waals surface area contributed by atoms with Crippen LogP contribution in [0.2, 0.25) is 5.02 Å². The number of carbonyl (C=O) groups is 1. The van der Waals surface area contributed by atoms with Gasteiger partial charge in [0.1, 0.15) is 4.60 Å². The molecular formula is C7H5Br2ClN2O. The number of rotatable bonds is 2. The molecule has 3 nitrogen and oxygen atoms in total. The van der Waals surface area contributed by atoms with Gasteiger partial charge in [0.25, 0.3) is 0 Å². The SMILES string of the molecule is O=C(CBr)Nc1cc(Cl)cnc1Br. The lowest BCUT2D eigenvalue weighted by molar-refractivity contribution is -0.113. The highest BCUT2D eigenvalue weighted by molar-refractivity contribution is 9.10. The van der Waals surface area contributed by atoms with Gasteiger partial charge in [-0.25, -0.2) is 4.98 Å². The number of nitrogens with one attached hydrogen (secondary N) is 1. The second kappa shape index (κ2) is 4.93. The first kappa shape index (κ1) is 10.9. The first-order chi connectivity index (χ1) is 6.13. The van der Waals surface area contributed by atoms with E-state index >= 15 is 0 Å². The van der Waals surface area contributed by atoms with Crippen molar-refractivity contribution < 1.29 is 4.79 Å². The summed E-state index contributed by atoms with van der Waals surface area (Å²) in [4.78, 5) is 14.9. The van der Waals surface area contributed by atoms with E-state index in [4.69, 9.17) is 11.6 Å². The van der Waals surface area contributed by atoms with Gasteiger partial charge >= 0.3 is 0 Å². The van der Waals surface area contributed by atoms with Crippen LogP contribution in [0.3, 0.4) is 0 Å². The number of amides is 1. The molecule has 0 saturated heterocycles. The Bertz CT molecular complexity index is 332. The Morgan fingerprint density at radius 1 is 1.69 bits per heavy atom. The van der Waals surface area contributed by atoms with Crippen LogP contribution < -0.4 is 5.32 Å². The van der Waals surface area contributed by atoms with Crippen LogP contribution in [0.15, 0.2) is 16.9 Å². The Hall–Kier alpha value is -0.130. The van der Waals surface area contributed by atoms with Crippen LogP contribution in [0.25, 0.3) is 0 Å². The molecule has 1 rings (SSSR count). The summed E-state index contributed by atoms with van der Waals surface area (Å²) in [5, 5.41) is 3.34. The predicted molar refractivity (Wildman–Crippen MR) is 59.4 cm³/mol. The van der Waals surface area contributed by atoms with E-state index < -0.39 is 0 Å². The molecule has 13 heavy (non-hydrogen) atoms. The lowest BCUT2D eigenvalue weighted by atomic mass is 10.4. The summed E-state index contributed by atoms with van der Waals surface area (Å²) in [6.07, 6.45) is 1.50. The number of halogens is 3. The molecule has 1 heterocycles. The summed E-state index contributed by atoms with van der Waals surface area (Å²) < 4.78 is 0.561. The molecule has 70 valence electrons. The molecule has 0 spiro atoms. The van der Waals surface area contributed by atoms with Crippen LogP contribution in [-0.2, 0) is 4.79 Å². The van der Waals surface area contributed by atoms with Crippen molar-refractivity contribution >= 4 is 55.1 Å². The molecule has 1 amide bonds. The van der Waals surface area contributed by atoms with Crippen molar-refractivity contribution in [2.24, 2.45) is 0 Å². The van der Waals surface area contributed by atoms with Crippen molar-refractivity contribution in [1.82, 2.24) is 4.98 Å². The lowest BCUT2D eigenvalue weighted by Crippen LogP contribution is -2.12. The molecule has 0 aromatic carbocycles. The molecule has 0 aliphatic carbocycles. The van der Waals surface area contributed by atoms with Crippen molar-refractivity contribution in [3.63, 3.8) is 0 Å². The average molecular weight is 328 g/mol. The van der Waals surface area contributed by atoms with Gasteiger partial charge in [0, 0.05) is 6.20 Å². The van der Waals surface area contributed by atoms with E-state index in [0.29, 0.717) is 15.3 Å². The summed E-state index contributed by atoms with van der Waals surface area (Å²) in [5.74, 6) is -0.148. The normalized spacial score (nSPS) is 9.77. The Kier molecular flexibility index (Phi) is 4.15. The molecule has 0 fully saturated rings. The van der Waals surface area contributed by atoms with Gasteiger partial charge in [-0.05, 0) is 22.0 Å². The topological polar surface area (TPSA) is 42.0 Å². The minimum absolute atomic E-state index is 0.148. The zero-order valence-corrected chi connectivity index (χ0v) is 10.3. The van der Waals surface area contributed by atoms with Gasteiger partial charge in [0.15, 0.2) is 0 Å². The predicted octanol–water partition coefficient (Wildman–Crippen LogP) is 2.83. The minimum atomic E-state index is -0.148. The summed E-state index contributed by atoms with van der Waals surface area (Å²) in [7, 11) is 0. The van der Waals surface area contributed by atoms with Gasteiger partial charge in [-0.2, -0.15) is 0 Å². The molecule has 0 radical (unpaired) electrons. The van der Waals surface area contributed by atoms with Crippen LogP contribution in [0, 0.1) is 0 Å². The molecule has 1 aromatic rings. The maximum Gasteiger partial charge on any atom is 0.235 e. The van der Waals surface area contributed by atoms with Crippen LogP contribution in [0.5, 0.6) is 0 Å². The second-order valence-electron chi connectivity index (χ2n) is 2.17. The number of aromatic nitrogens is 1. The van der Waals surface area contributed by atoms with E-state index in [0.717, 1.165) is 0 Å². The van der Waals surface area contributed by atoms with Gasteiger partial charge in [-0.1, -0.05) is 27.5 Å². The van der Waals surface area contributed by atoms with E-state index in [-0.39, 0.29) is 11.2 Å². The first-order valence-electron chi connectivity index (χ1n) is 3.30. The van der Waals surface area contributed by atoms with Crippen molar-refractivity contribution in [3.05, 3.63) is 21.9 Å². The third-order valence-corrected chi connectivity index (χ3v) is 2.55. The van der Waals surface area contributed by atoms with Gasteiger partial charge in [0.05, 0.1) is 16.0 Å². The van der Waals surface area contributed by atoms with Crippen molar-refractivity contribution in [2.45, 2.75) is 0 Å². The fourth-order valence-electron chi connectivity index (χ4n) is 0.694. The van der Waals surface area contributed by atoms with Gasteiger partial charge in [-0.3, -0.25) is 4.79 Å². The minimum Gasteiger partial charge on any atom is -0.323 e. The van der Waals surface area contributed by atoms with Gasteiger partial charge in [-0.15, -0.1) is 0 Å². The largest absolute Gasteiger partial charge is 0.323 e. The summed E-state index contributed by atoms with van der Waals surface area (Å²) in [6.45, 7) is 0. The van der Waals surface area contributed by atoms with E-state index in [9.17, 15) is 4.79 Å². The third kappa shape index (κ3) is 3.25. The van der Waals surface area contributed by atoms with E-state index in [1.54, 1.807) is 6.07 Å². The van der Waals surface area contributed by atoms with Gasteiger partial charge in [0.2, 0.25) is 5.91 Å². The number of pyridine rings is 1. The Labute approximate surface area is 97.1 Å². The average Bonchev–Trinajstić information content (AvgIpc) is 2.11. The molecular weight excluding hydrogens is 323 g/mol. The van der Waals surface area contributed by atoms with E-state index in [1.165, 1.54) is 6.20 Å². The molecule has 0 saturated carbocycles. The number of alkyl halides is 1. The van der Waals surface area contributed by atoms with Crippen LogP contribution >= 0.6 is 43.5 Å². The molecule has 0 atom stereocenters. The van der Waals surface area contributed by atoms with Crippen LogP contribution in [0.1, 0.15) is 0 Å². The molecule has 1 N–H and O–H groups in total. The standard InChI is InChI=1S/C7H5Br2ClN2O/c8-2-6(13)12-5-1-4(10)3-11-7(5)9/h1,3H,2H2,(H,12,13). The van der Waals surface area contributed by atoms with E-state index in [1.807, 2.05) is 0 Å². The highest BCUT2D eigenvalue weighted by atomic mass is 79.9. The van der Waals surface area contributed by atoms with Crippen molar-refractivity contribution in [3.8, 4) is 0 Å². The Morgan fingerprint density at radius 3 is 3.00 bits per heavy atom. The fourth-order valence-corrected chi connectivity index (χ4v) is 1.31. The Morgan fingerprint density at radius 2 is 2.38 bits per heavy atom. The van der Waals surface area contributed by atoms with Crippen molar-refractivity contribution in [2.75, 3.05) is 10.6 Å². The van der Waals surface area contributed by atoms with Crippen LogP contribution in [-0.4, -0.2) is 16.2 Å². The fraction of sp³-hybridized carbons (Fsp3) is 0.143. The zero-order chi connectivity index (χ0) is 9.84. The third-order valence-electron chi connectivity index (χ3n) is 1.20. The second-order valence-corrected chi connectivity index (χ2v) is 3.92. The molecule has 6 heteroatoms. The number of carbonyl (C=O) groups excluding carboxylic acids is 1. The number of nitrogens with zero attached hydrogens (tertiary/aromatic N) is 1. The molecule has 0 aliphatic rings. The molecule has 0 bridgehead atoms. The lowest BCUT2D eigenvalue weighted by Gasteiger charge is -2.04. The van der Waals surface area contributed by atoms with Crippen LogP contribution in [0.4, 0.5) is 5.69 Å². The summed E-state index contributed by atoms with van der Waals surface area (Å²) in [5.41, 5.74) is 0.567. The quantitative estimate of drug-likeness (QED) is 0.670. The maximum absolute atomic E-state index is 11.0. The highest BCUT2D eigenvalue weighted by Gasteiger charge is 2.05. The van der Waals surface area contributed by atoms with E-state index in [2.05, 4.69) is 42.2 Å². The monoisotopic (exact) mass is 326 g/mol. The smallest absolute Gasteiger partial charge is 0.235 e. The molecule has 0 unspecified atom stereocenters. The Balaban J connectivity index is 2.87. The van der Waals surface area contributed by atoms with Gasteiger partial charge < -0.3 is 5.32 Å². The number of hydrogen-bond donors (Lipinski definition) is 1. The molecule has 1 aromatic heterocycles. The number of anilines is 1. The zero-order valence-electron chi connectivity index (χ0n) is 6.35. The summed E-state index contributed by atoms with van der Waals surface area (Å²) in [6, 6.07) is 1.62. The number of hydrogen-bond acceptors (Lipinski definition) is 2. The summed E-state index contributed by atoms with van der Waals surface area (Å²) >= 11 is 11.9.